The van der Waals surface area contributed by atoms with Crippen LogP contribution >= 0.6 is 11.3 Å². The van der Waals surface area contributed by atoms with Crippen molar-refractivity contribution in [3.8, 4) is 11.3 Å². The van der Waals surface area contributed by atoms with Gasteiger partial charge in [0, 0.05) is 28.0 Å². The highest BCUT2D eigenvalue weighted by Gasteiger charge is 2.21. The monoisotopic (exact) mass is 426 g/mol. The van der Waals surface area contributed by atoms with Gasteiger partial charge < -0.3 is 20.8 Å². The number of rotatable bonds is 2. The van der Waals surface area contributed by atoms with Crippen LogP contribution in [0.2, 0.25) is 0 Å². The van der Waals surface area contributed by atoms with E-state index in [0.717, 1.165) is 59.2 Å². The molecule has 1 amide bonds. The number of carbonyl (C=O) groups excluding carboxylic acids is 1. The number of thiazole rings is 1. The van der Waals surface area contributed by atoms with Gasteiger partial charge in [-0.2, -0.15) is 0 Å². The molecule has 8 nitrogen and oxygen atoms in total. The van der Waals surface area contributed by atoms with Crippen LogP contribution in [0.5, 0.6) is 0 Å². The number of H-pyrrole nitrogens is 1. The third-order valence-electron chi connectivity index (χ3n) is 5.21. The molecule has 2 bridgehead atoms. The van der Waals surface area contributed by atoms with E-state index in [1.807, 2.05) is 31.3 Å². The summed E-state index contributed by atoms with van der Waals surface area (Å²) in [5.41, 5.74) is 10.7. The second-order valence-corrected chi connectivity index (χ2v) is 8.36. The molecule has 158 valence electrons. The summed E-state index contributed by atoms with van der Waals surface area (Å²) in [5, 5.41) is 9.52. The Hall–Kier alpha value is -2.91. The molecule has 3 aromatic rings. The predicted molar refractivity (Wildman–Crippen MR) is 119 cm³/mol. The molecule has 0 spiro atoms. The van der Waals surface area contributed by atoms with Crippen LogP contribution in [0.15, 0.2) is 29.8 Å². The van der Waals surface area contributed by atoms with Crippen LogP contribution in [0.25, 0.3) is 11.3 Å². The van der Waals surface area contributed by atoms with E-state index in [9.17, 15) is 4.79 Å². The number of anilines is 2. The standard InChI is InChI=1S/C21H26N6O2S/c1-12-11-30-20(24-12)16-6-4-3-5-15(22)19-23-10-18(27-19)14-8-7-13(9-17(14)26-16)25-21(28)29-2/h7-11,15-16,26H,3-6,22H2,1-2H3,(H,23,27)(H,25,28)/t15-,16-/m0/s1. The Morgan fingerprint density at radius 3 is 2.93 bits per heavy atom. The van der Waals surface area contributed by atoms with Crippen LogP contribution in [0.1, 0.15) is 54.3 Å². The van der Waals surface area contributed by atoms with Gasteiger partial charge in [0.05, 0.1) is 31.1 Å². The summed E-state index contributed by atoms with van der Waals surface area (Å²) in [6.45, 7) is 2.01. The molecule has 3 heterocycles. The molecule has 2 atom stereocenters. The fraction of sp³-hybridized carbons (Fsp3) is 0.381. The van der Waals surface area contributed by atoms with Crippen LogP contribution in [0.4, 0.5) is 16.2 Å². The number of ether oxygens (including phenoxy) is 1. The quantitative estimate of drug-likeness (QED) is 0.470. The van der Waals surface area contributed by atoms with Crippen molar-refractivity contribution in [3.05, 3.63) is 46.3 Å². The Balaban J connectivity index is 1.76. The van der Waals surface area contributed by atoms with E-state index < -0.39 is 6.09 Å². The molecular weight excluding hydrogens is 400 g/mol. The van der Waals surface area contributed by atoms with Gasteiger partial charge >= 0.3 is 6.09 Å². The Kier molecular flexibility index (Phi) is 6.01. The van der Waals surface area contributed by atoms with Crippen LogP contribution < -0.4 is 16.4 Å². The van der Waals surface area contributed by atoms with Crippen molar-refractivity contribution in [2.75, 3.05) is 17.7 Å². The van der Waals surface area contributed by atoms with E-state index in [0.29, 0.717) is 5.69 Å². The summed E-state index contributed by atoms with van der Waals surface area (Å²) in [6, 6.07) is 5.65. The number of aryl methyl sites for hydroxylation is 1. The Morgan fingerprint density at radius 1 is 1.33 bits per heavy atom. The zero-order valence-corrected chi connectivity index (χ0v) is 17.9. The van der Waals surface area contributed by atoms with Gasteiger partial charge in [-0.25, -0.2) is 14.8 Å². The number of hydrogen-bond acceptors (Lipinski definition) is 7. The average Bonchev–Trinajstić information content (AvgIpc) is 3.39. The Morgan fingerprint density at radius 2 is 2.17 bits per heavy atom. The van der Waals surface area contributed by atoms with Gasteiger partial charge in [-0.15, -0.1) is 11.3 Å². The maximum atomic E-state index is 11.7. The molecule has 0 radical (unpaired) electrons. The van der Waals surface area contributed by atoms with Crippen LogP contribution in [0, 0.1) is 6.92 Å². The molecule has 2 aromatic heterocycles. The maximum absolute atomic E-state index is 11.7. The summed E-state index contributed by atoms with van der Waals surface area (Å²) < 4.78 is 4.73. The lowest BCUT2D eigenvalue weighted by molar-refractivity contribution is 0.187. The molecule has 0 saturated heterocycles. The molecule has 0 aliphatic carbocycles. The lowest BCUT2D eigenvalue weighted by Gasteiger charge is -2.22. The average molecular weight is 427 g/mol. The number of nitrogens with one attached hydrogen (secondary N) is 3. The highest BCUT2D eigenvalue weighted by molar-refractivity contribution is 7.09. The molecule has 0 fully saturated rings. The van der Waals surface area contributed by atoms with Crippen molar-refractivity contribution in [1.29, 1.82) is 0 Å². The molecule has 0 unspecified atom stereocenters. The first-order chi connectivity index (χ1) is 14.5. The van der Waals surface area contributed by atoms with Crippen molar-refractivity contribution in [2.24, 2.45) is 5.73 Å². The van der Waals surface area contributed by atoms with E-state index in [1.165, 1.54) is 7.11 Å². The van der Waals surface area contributed by atoms with Crippen LogP contribution in [-0.2, 0) is 4.74 Å². The fourth-order valence-corrected chi connectivity index (χ4v) is 4.52. The first-order valence-electron chi connectivity index (χ1n) is 10.0. The predicted octanol–water partition coefficient (Wildman–Crippen LogP) is 4.75. The highest BCUT2D eigenvalue weighted by Crippen LogP contribution is 2.36. The van der Waals surface area contributed by atoms with Gasteiger partial charge in [0.15, 0.2) is 0 Å². The van der Waals surface area contributed by atoms with E-state index in [4.69, 9.17) is 15.5 Å². The number of amides is 1. The summed E-state index contributed by atoms with van der Waals surface area (Å²) in [5.74, 6) is 0.792. The highest BCUT2D eigenvalue weighted by atomic mass is 32.1. The number of nitrogens with two attached hydrogens (primary N) is 1. The van der Waals surface area contributed by atoms with Gasteiger partial charge in [0.2, 0.25) is 0 Å². The molecule has 30 heavy (non-hydrogen) atoms. The molecule has 4 rings (SSSR count). The summed E-state index contributed by atoms with van der Waals surface area (Å²) in [7, 11) is 1.34. The first-order valence-corrected chi connectivity index (χ1v) is 10.9. The first kappa shape index (κ1) is 20.4. The second-order valence-electron chi connectivity index (χ2n) is 7.47. The SMILES string of the molecule is COC(=O)Nc1ccc2c(c1)N[C@H](c1nc(C)cs1)CCCC[C@H](N)c1ncc-2[nH]1. The number of fused-ring (bicyclic) bond motifs is 4. The number of aromatic nitrogens is 3. The lowest BCUT2D eigenvalue weighted by atomic mass is 10.0. The fourth-order valence-electron chi connectivity index (χ4n) is 3.63. The summed E-state index contributed by atoms with van der Waals surface area (Å²) in [6.07, 6.45) is 5.15. The molecule has 1 aromatic carbocycles. The van der Waals surface area contributed by atoms with E-state index in [1.54, 1.807) is 11.3 Å². The number of aromatic amines is 1. The lowest BCUT2D eigenvalue weighted by Crippen LogP contribution is -2.15. The number of nitrogens with zero attached hydrogens (tertiary/aromatic N) is 2. The topological polar surface area (TPSA) is 118 Å². The number of methoxy groups -OCH3 is 1. The minimum atomic E-state index is -0.509. The maximum Gasteiger partial charge on any atom is 0.411 e. The largest absolute Gasteiger partial charge is 0.453 e. The number of hydrogen-bond donors (Lipinski definition) is 4. The van der Waals surface area contributed by atoms with E-state index >= 15 is 0 Å². The molecular formula is C21H26N6O2S. The van der Waals surface area contributed by atoms with Crippen molar-refractivity contribution in [3.63, 3.8) is 0 Å². The van der Waals surface area contributed by atoms with E-state index in [-0.39, 0.29) is 12.1 Å². The zero-order valence-electron chi connectivity index (χ0n) is 17.1. The Bertz CT molecular complexity index is 1030. The third-order valence-corrected chi connectivity index (χ3v) is 6.29. The minimum absolute atomic E-state index is 0.0638. The van der Waals surface area contributed by atoms with Gasteiger partial charge in [0.25, 0.3) is 0 Å². The van der Waals surface area contributed by atoms with Crippen LogP contribution in [-0.4, -0.2) is 28.2 Å². The van der Waals surface area contributed by atoms with Crippen molar-refractivity contribution in [1.82, 2.24) is 15.0 Å². The molecule has 5 N–H and O–H groups in total. The zero-order chi connectivity index (χ0) is 21.1. The summed E-state index contributed by atoms with van der Waals surface area (Å²) in [4.78, 5) is 24.3. The van der Waals surface area contributed by atoms with Gasteiger partial charge in [-0.1, -0.05) is 12.8 Å². The number of benzene rings is 1. The number of imidazole rings is 1. The second kappa shape index (κ2) is 8.85. The smallest absolute Gasteiger partial charge is 0.411 e. The van der Waals surface area contributed by atoms with Gasteiger partial charge in [-0.3, -0.25) is 5.32 Å². The van der Waals surface area contributed by atoms with Crippen molar-refractivity contribution in [2.45, 2.75) is 44.7 Å². The van der Waals surface area contributed by atoms with Crippen molar-refractivity contribution < 1.29 is 9.53 Å². The van der Waals surface area contributed by atoms with Gasteiger partial charge in [-0.05, 0) is 38.0 Å². The molecule has 1 aliphatic heterocycles. The molecule has 1 aliphatic rings. The summed E-state index contributed by atoms with van der Waals surface area (Å²) >= 11 is 1.66. The third kappa shape index (κ3) is 4.47. The molecule has 0 saturated carbocycles. The normalized spacial score (nSPS) is 19.0. The van der Waals surface area contributed by atoms with Crippen LogP contribution in [0.3, 0.4) is 0 Å². The Labute approximate surface area is 179 Å². The minimum Gasteiger partial charge on any atom is -0.453 e. The number of carbonyl (C=O) groups is 1. The molecule has 9 heteroatoms. The van der Waals surface area contributed by atoms with Gasteiger partial charge in [0.1, 0.15) is 10.8 Å². The van der Waals surface area contributed by atoms with Crippen molar-refractivity contribution >= 4 is 28.8 Å². The van der Waals surface area contributed by atoms with E-state index in [2.05, 4.69) is 26.0 Å².